The third kappa shape index (κ3) is 4.74. The van der Waals surface area contributed by atoms with Crippen molar-refractivity contribution in [3.63, 3.8) is 0 Å². The molecule has 6 heteroatoms. The van der Waals surface area contributed by atoms with Crippen LogP contribution in [0, 0.1) is 0 Å². The van der Waals surface area contributed by atoms with Gasteiger partial charge in [0.15, 0.2) is 0 Å². The van der Waals surface area contributed by atoms with Gasteiger partial charge in [0.1, 0.15) is 5.60 Å². The molecular weight excluding hydrogens is 228 g/mol. The van der Waals surface area contributed by atoms with E-state index in [0.29, 0.717) is 13.1 Å². The van der Waals surface area contributed by atoms with Crippen LogP contribution in [0.4, 0.5) is 9.59 Å². The first-order valence-electron chi connectivity index (χ1n) is 5.27. The van der Waals surface area contributed by atoms with Crippen molar-refractivity contribution < 1.29 is 14.3 Å². The second kappa shape index (κ2) is 5.43. The number of ether oxygens (including phenoxy) is 1. The Kier molecular flexibility index (Phi) is 4.46. The second-order valence-corrected chi connectivity index (χ2v) is 5.58. The van der Waals surface area contributed by atoms with E-state index >= 15 is 0 Å². The van der Waals surface area contributed by atoms with Gasteiger partial charge in [-0.2, -0.15) is 0 Å². The summed E-state index contributed by atoms with van der Waals surface area (Å²) in [6.07, 6.45) is -0.438. The summed E-state index contributed by atoms with van der Waals surface area (Å²) >= 11 is 1.32. The summed E-state index contributed by atoms with van der Waals surface area (Å²) in [5.41, 5.74) is -0.483. The molecule has 0 aliphatic carbocycles. The van der Waals surface area contributed by atoms with E-state index in [1.165, 1.54) is 11.8 Å². The van der Waals surface area contributed by atoms with Crippen LogP contribution >= 0.6 is 11.8 Å². The van der Waals surface area contributed by atoms with E-state index in [1.54, 1.807) is 4.90 Å². The summed E-state index contributed by atoms with van der Waals surface area (Å²) in [6, 6.07) is 0. The Balaban J connectivity index is 2.15. The van der Waals surface area contributed by atoms with E-state index < -0.39 is 11.7 Å². The van der Waals surface area contributed by atoms with Crippen LogP contribution in [0.1, 0.15) is 20.8 Å². The molecule has 1 aliphatic heterocycles. The number of hydrogen-bond acceptors (Lipinski definition) is 4. The molecule has 1 rings (SSSR count). The average Bonchev–Trinajstić information content (AvgIpc) is 2.48. The van der Waals surface area contributed by atoms with E-state index in [2.05, 4.69) is 5.32 Å². The summed E-state index contributed by atoms with van der Waals surface area (Å²) in [5, 5.41) is 2.71. The molecule has 16 heavy (non-hydrogen) atoms. The zero-order valence-electron chi connectivity index (χ0n) is 9.91. The highest BCUT2D eigenvalue weighted by atomic mass is 32.2. The summed E-state index contributed by atoms with van der Waals surface area (Å²) in [6.45, 7) is 7.18. The van der Waals surface area contributed by atoms with E-state index in [0.717, 1.165) is 12.3 Å². The van der Waals surface area contributed by atoms with Crippen LogP contribution in [0.15, 0.2) is 0 Å². The largest absolute Gasteiger partial charge is 0.444 e. The molecule has 1 heterocycles. The van der Waals surface area contributed by atoms with Crippen LogP contribution in [0.3, 0.4) is 0 Å². The van der Waals surface area contributed by atoms with E-state index in [4.69, 9.17) is 4.74 Å². The van der Waals surface area contributed by atoms with E-state index in [9.17, 15) is 9.59 Å². The Morgan fingerprint density at radius 2 is 2.25 bits per heavy atom. The second-order valence-electron chi connectivity index (χ2n) is 4.53. The van der Waals surface area contributed by atoms with Gasteiger partial charge in [0.25, 0.3) is 5.24 Å². The maximum absolute atomic E-state index is 11.3. The quantitative estimate of drug-likeness (QED) is 0.823. The lowest BCUT2D eigenvalue weighted by molar-refractivity contribution is 0.0524. The molecule has 0 radical (unpaired) electrons. The molecule has 2 amide bonds. The number of rotatable bonds is 3. The van der Waals surface area contributed by atoms with Crippen molar-refractivity contribution in [2.45, 2.75) is 26.4 Å². The number of nitrogens with zero attached hydrogens (tertiary/aromatic N) is 1. The highest BCUT2D eigenvalue weighted by Gasteiger charge is 2.21. The number of thioether (sulfide) groups is 1. The van der Waals surface area contributed by atoms with Gasteiger partial charge in [-0.25, -0.2) is 4.79 Å². The highest BCUT2D eigenvalue weighted by Crippen LogP contribution is 2.16. The summed E-state index contributed by atoms with van der Waals surface area (Å²) in [5.74, 6) is 0.839. The van der Waals surface area contributed by atoms with E-state index in [-0.39, 0.29) is 5.24 Å². The lowest BCUT2D eigenvalue weighted by Crippen LogP contribution is -2.38. The Bertz CT molecular complexity index is 276. The van der Waals surface area contributed by atoms with Gasteiger partial charge in [-0.05, 0) is 20.8 Å². The topological polar surface area (TPSA) is 58.6 Å². The fraction of sp³-hybridized carbons (Fsp3) is 0.800. The maximum atomic E-state index is 11.3. The van der Waals surface area contributed by atoms with Crippen LogP contribution < -0.4 is 5.32 Å². The zero-order valence-corrected chi connectivity index (χ0v) is 10.7. The fourth-order valence-corrected chi connectivity index (χ4v) is 2.09. The van der Waals surface area contributed by atoms with Crippen molar-refractivity contribution in [2.75, 3.05) is 25.4 Å². The zero-order chi connectivity index (χ0) is 12.2. The molecule has 0 bridgehead atoms. The van der Waals surface area contributed by atoms with Gasteiger partial charge in [-0.15, -0.1) is 0 Å². The molecule has 0 atom stereocenters. The Labute approximate surface area is 99.9 Å². The fourth-order valence-electron chi connectivity index (χ4n) is 1.24. The minimum absolute atomic E-state index is 0.0889. The van der Waals surface area contributed by atoms with Crippen LogP contribution in [0.5, 0.6) is 0 Å². The molecule has 5 nitrogen and oxygen atoms in total. The summed E-state index contributed by atoms with van der Waals surface area (Å²) in [7, 11) is 0. The smallest absolute Gasteiger partial charge is 0.407 e. The van der Waals surface area contributed by atoms with Gasteiger partial charge < -0.3 is 15.0 Å². The lowest BCUT2D eigenvalue weighted by Gasteiger charge is -2.20. The molecule has 0 unspecified atom stereocenters. The Hall–Kier alpha value is -0.910. The molecule has 0 aromatic heterocycles. The van der Waals surface area contributed by atoms with E-state index in [1.807, 2.05) is 20.8 Å². The van der Waals surface area contributed by atoms with Gasteiger partial charge >= 0.3 is 6.09 Å². The van der Waals surface area contributed by atoms with Crippen LogP contribution in [0.2, 0.25) is 0 Å². The number of amides is 2. The average molecular weight is 246 g/mol. The predicted molar refractivity (Wildman–Crippen MR) is 63.7 cm³/mol. The molecule has 0 spiro atoms. The predicted octanol–water partition coefficient (Wildman–Crippen LogP) is 1.68. The molecule has 1 saturated heterocycles. The third-order valence-corrected chi connectivity index (χ3v) is 2.79. The van der Waals surface area contributed by atoms with Crippen molar-refractivity contribution in [3.8, 4) is 0 Å². The van der Waals surface area contributed by atoms with Crippen molar-refractivity contribution >= 4 is 23.1 Å². The van der Waals surface area contributed by atoms with Crippen LogP contribution in [-0.4, -0.2) is 47.2 Å². The summed E-state index contributed by atoms with van der Waals surface area (Å²) in [4.78, 5) is 24.2. The molecule has 1 fully saturated rings. The van der Waals surface area contributed by atoms with Gasteiger partial charge in [-0.1, -0.05) is 11.8 Å². The maximum Gasteiger partial charge on any atom is 0.407 e. The van der Waals surface area contributed by atoms with Gasteiger partial charge in [0.05, 0.1) is 0 Å². The van der Waals surface area contributed by atoms with Crippen LogP contribution in [-0.2, 0) is 4.74 Å². The molecular formula is C10H18N2O3S. The minimum Gasteiger partial charge on any atom is -0.444 e. The van der Waals surface area contributed by atoms with Crippen molar-refractivity contribution in [1.29, 1.82) is 0 Å². The minimum atomic E-state index is -0.483. The van der Waals surface area contributed by atoms with Crippen molar-refractivity contribution in [2.24, 2.45) is 0 Å². The number of nitrogens with one attached hydrogen (secondary N) is 1. The first-order chi connectivity index (χ1) is 7.38. The molecule has 0 aromatic rings. The molecule has 1 aliphatic rings. The monoisotopic (exact) mass is 246 g/mol. The van der Waals surface area contributed by atoms with Crippen molar-refractivity contribution in [1.82, 2.24) is 10.2 Å². The normalized spacial score (nSPS) is 16.4. The van der Waals surface area contributed by atoms with Gasteiger partial charge in [0.2, 0.25) is 0 Å². The molecule has 0 saturated carbocycles. The van der Waals surface area contributed by atoms with Gasteiger partial charge in [-0.3, -0.25) is 4.79 Å². The SMILES string of the molecule is CC(C)(C)OC(=O)NCCN1CCSC1=O. The number of hydrogen-bond donors (Lipinski definition) is 1. The standard InChI is InChI=1S/C10H18N2O3S/c1-10(2,3)15-8(13)11-4-5-12-6-7-16-9(12)14/h4-7H2,1-3H3,(H,11,13). The number of alkyl carbamates (subject to hydrolysis) is 1. The Morgan fingerprint density at radius 3 is 2.75 bits per heavy atom. The first-order valence-corrected chi connectivity index (χ1v) is 6.25. The third-order valence-electron chi connectivity index (χ3n) is 1.89. The molecule has 1 N–H and O–H groups in total. The van der Waals surface area contributed by atoms with Crippen LogP contribution in [0.25, 0.3) is 0 Å². The van der Waals surface area contributed by atoms with Crippen molar-refractivity contribution in [3.05, 3.63) is 0 Å². The highest BCUT2D eigenvalue weighted by molar-refractivity contribution is 8.13. The molecule has 92 valence electrons. The molecule has 0 aromatic carbocycles. The number of carbonyl (C=O) groups is 2. The van der Waals surface area contributed by atoms with Gasteiger partial charge in [0, 0.05) is 25.4 Å². The number of carbonyl (C=O) groups excluding carboxylic acids is 2. The Morgan fingerprint density at radius 1 is 1.56 bits per heavy atom. The summed E-state index contributed by atoms with van der Waals surface area (Å²) < 4.78 is 5.07. The lowest BCUT2D eigenvalue weighted by atomic mass is 10.2. The first kappa shape index (κ1) is 13.2.